The van der Waals surface area contributed by atoms with Crippen LogP contribution in [0.4, 0.5) is 48.3 Å². The van der Waals surface area contributed by atoms with E-state index in [-0.39, 0.29) is 0 Å². The molecular weight excluding hydrogens is 349 g/mol. The summed E-state index contributed by atoms with van der Waals surface area (Å²) in [5.74, 6) is -11.2. The van der Waals surface area contributed by atoms with E-state index in [0.29, 0.717) is 0 Å². The van der Waals surface area contributed by atoms with Crippen molar-refractivity contribution < 1.29 is 57.8 Å². The maximum Gasteiger partial charge on any atom is 0.460 e. The Bertz CT molecular complexity index is 412. The van der Waals surface area contributed by atoms with Crippen LogP contribution in [0.25, 0.3) is 0 Å². The van der Waals surface area contributed by atoms with E-state index in [1.165, 1.54) is 0 Å². The van der Waals surface area contributed by atoms with Crippen LogP contribution in [0.5, 0.6) is 0 Å². The lowest BCUT2D eigenvalue weighted by Crippen LogP contribution is -2.55. The van der Waals surface area contributed by atoms with Crippen molar-refractivity contribution in [1.29, 1.82) is 0 Å². The third-order valence-electron chi connectivity index (χ3n) is 1.93. The molecule has 0 aromatic carbocycles. The fourth-order valence-electron chi connectivity index (χ4n) is 0.960. The third-order valence-corrected chi connectivity index (χ3v) is 1.93. The minimum absolute atomic E-state index is 0.576. The van der Waals surface area contributed by atoms with Gasteiger partial charge in [0.2, 0.25) is 0 Å². The zero-order chi connectivity index (χ0) is 18.2. The lowest BCUT2D eigenvalue weighted by molar-refractivity contribution is -0.465. The quantitative estimate of drug-likeness (QED) is 0.476. The van der Waals surface area contributed by atoms with Gasteiger partial charge in [-0.05, 0) is 6.58 Å². The molecule has 0 saturated heterocycles. The second-order valence-electron chi connectivity index (χ2n) is 4.01. The lowest BCUT2D eigenvalue weighted by Gasteiger charge is -2.34. The Morgan fingerprint density at radius 1 is 0.864 bits per heavy atom. The van der Waals surface area contributed by atoms with Gasteiger partial charge in [0.15, 0.2) is 0 Å². The smallest absolute Gasteiger partial charge is 0.402 e. The summed E-state index contributed by atoms with van der Waals surface area (Å²) in [4.78, 5) is 0. The molecule has 2 nitrogen and oxygen atoms in total. The molecule has 0 aromatic rings. The molecule has 0 aromatic heterocycles. The van der Waals surface area contributed by atoms with E-state index >= 15 is 0 Å². The SMILES string of the molecule is C=C(F)OC(F)(F)C(C)(F)OC(F)(F)C(F)(F)CC(F)(F)F. The monoisotopic (exact) mass is 356 g/mol. The van der Waals surface area contributed by atoms with Crippen molar-refractivity contribution in [2.24, 2.45) is 0 Å². The maximum atomic E-state index is 13.3. The number of hydrogen-bond donors (Lipinski definition) is 0. The van der Waals surface area contributed by atoms with Crippen LogP contribution < -0.4 is 0 Å². The van der Waals surface area contributed by atoms with Crippen molar-refractivity contribution in [1.82, 2.24) is 0 Å². The van der Waals surface area contributed by atoms with Gasteiger partial charge in [-0.2, -0.15) is 43.9 Å². The minimum atomic E-state index is -6.31. The van der Waals surface area contributed by atoms with Crippen molar-refractivity contribution in [3.8, 4) is 0 Å². The van der Waals surface area contributed by atoms with Crippen LogP contribution in [0.1, 0.15) is 13.3 Å². The molecule has 0 amide bonds. The van der Waals surface area contributed by atoms with Crippen molar-refractivity contribution in [3.05, 3.63) is 12.6 Å². The first-order valence-corrected chi connectivity index (χ1v) is 4.96. The van der Waals surface area contributed by atoms with Gasteiger partial charge >= 0.3 is 30.2 Å². The largest absolute Gasteiger partial charge is 0.460 e. The summed E-state index contributed by atoms with van der Waals surface area (Å²) in [7, 11) is 0. The molecule has 0 saturated carbocycles. The Kier molecular flexibility index (Phi) is 5.41. The Labute approximate surface area is 115 Å². The molecule has 0 fully saturated rings. The van der Waals surface area contributed by atoms with E-state index in [0.717, 1.165) is 0 Å². The summed E-state index contributed by atoms with van der Waals surface area (Å²) < 4.78 is 143. The van der Waals surface area contributed by atoms with Crippen LogP contribution in [-0.2, 0) is 9.47 Å². The van der Waals surface area contributed by atoms with Crippen molar-refractivity contribution >= 4 is 0 Å². The Morgan fingerprint density at radius 3 is 1.59 bits per heavy atom. The standard InChI is InChI=1S/C9H7F11O2/c1-4(10)21-8(17,18)5(2,11)22-9(19,20)6(12,13)3-7(14,15)16/h1,3H2,2H3. The summed E-state index contributed by atoms with van der Waals surface area (Å²) in [6.07, 6.45) is -21.2. The Hall–Kier alpha value is -1.27. The second kappa shape index (κ2) is 5.74. The summed E-state index contributed by atoms with van der Waals surface area (Å²) >= 11 is 0. The van der Waals surface area contributed by atoms with Gasteiger partial charge in [-0.1, -0.05) is 0 Å². The molecule has 22 heavy (non-hydrogen) atoms. The molecule has 0 bridgehead atoms. The molecule has 0 radical (unpaired) electrons. The average Bonchev–Trinajstić information content (AvgIpc) is 2.07. The van der Waals surface area contributed by atoms with Crippen LogP contribution >= 0.6 is 0 Å². The first kappa shape index (κ1) is 20.7. The first-order chi connectivity index (χ1) is 9.33. The van der Waals surface area contributed by atoms with Gasteiger partial charge in [0.25, 0.3) is 6.01 Å². The van der Waals surface area contributed by atoms with Gasteiger partial charge in [0.05, 0.1) is 0 Å². The molecule has 0 aliphatic heterocycles. The van der Waals surface area contributed by atoms with E-state index in [4.69, 9.17) is 0 Å². The molecule has 13 heteroatoms. The number of halogens is 11. The van der Waals surface area contributed by atoms with E-state index in [1.807, 2.05) is 0 Å². The summed E-state index contributed by atoms with van der Waals surface area (Å²) in [5, 5.41) is 0. The highest BCUT2D eigenvalue weighted by molar-refractivity contribution is 4.86. The van der Waals surface area contributed by atoms with Crippen molar-refractivity contribution in [2.75, 3.05) is 0 Å². The number of alkyl halides is 10. The van der Waals surface area contributed by atoms with E-state index in [9.17, 15) is 48.3 Å². The molecule has 0 aliphatic carbocycles. The normalized spacial score (nSPS) is 17.1. The molecule has 1 unspecified atom stereocenters. The summed E-state index contributed by atoms with van der Waals surface area (Å²) in [6.45, 7) is 1.50. The number of ether oxygens (including phenoxy) is 2. The molecule has 0 spiro atoms. The molecular formula is C9H7F11O2. The van der Waals surface area contributed by atoms with E-state index in [1.54, 1.807) is 0 Å². The van der Waals surface area contributed by atoms with Crippen LogP contribution in [0.3, 0.4) is 0 Å². The molecule has 0 heterocycles. The fourth-order valence-corrected chi connectivity index (χ4v) is 0.960. The summed E-state index contributed by atoms with van der Waals surface area (Å²) in [5.41, 5.74) is 0. The van der Waals surface area contributed by atoms with E-state index in [2.05, 4.69) is 16.1 Å². The van der Waals surface area contributed by atoms with Crippen LogP contribution in [-0.4, -0.2) is 30.2 Å². The number of rotatable bonds is 7. The minimum Gasteiger partial charge on any atom is -0.402 e. The molecule has 1 atom stereocenters. The topological polar surface area (TPSA) is 18.5 Å². The highest BCUT2D eigenvalue weighted by Gasteiger charge is 2.69. The highest BCUT2D eigenvalue weighted by atomic mass is 19.4. The zero-order valence-electron chi connectivity index (χ0n) is 10.4. The first-order valence-electron chi connectivity index (χ1n) is 4.96. The zero-order valence-corrected chi connectivity index (χ0v) is 10.4. The third kappa shape index (κ3) is 5.18. The second-order valence-corrected chi connectivity index (χ2v) is 4.01. The van der Waals surface area contributed by atoms with Crippen molar-refractivity contribution in [3.63, 3.8) is 0 Å². The molecule has 0 N–H and O–H groups in total. The molecule has 0 aliphatic rings. The predicted octanol–water partition coefficient (Wildman–Crippen LogP) is 4.92. The van der Waals surface area contributed by atoms with Crippen LogP contribution in [0.2, 0.25) is 0 Å². The van der Waals surface area contributed by atoms with Gasteiger partial charge in [0.1, 0.15) is 6.42 Å². The predicted molar refractivity (Wildman–Crippen MR) is 47.4 cm³/mol. The summed E-state index contributed by atoms with van der Waals surface area (Å²) in [6, 6.07) is -2.39. The van der Waals surface area contributed by atoms with Gasteiger partial charge in [0, 0.05) is 6.92 Å². The Balaban J connectivity index is 5.36. The van der Waals surface area contributed by atoms with E-state index < -0.39 is 49.5 Å². The van der Waals surface area contributed by atoms with Gasteiger partial charge in [-0.15, -0.1) is 0 Å². The lowest BCUT2D eigenvalue weighted by atomic mass is 10.2. The van der Waals surface area contributed by atoms with Crippen molar-refractivity contribution in [2.45, 2.75) is 43.5 Å². The van der Waals surface area contributed by atoms with Gasteiger partial charge in [-0.25, -0.2) is 4.39 Å². The van der Waals surface area contributed by atoms with Gasteiger partial charge < -0.3 is 4.74 Å². The molecule has 0 rings (SSSR count). The fraction of sp³-hybridized carbons (Fsp3) is 0.778. The highest BCUT2D eigenvalue weighted by Crippen LogP contribution is 2.48. The van der Waals surface area contributed by atoms with Crippen LogP contribution in [0.15, 0.2) is 12.6 Å². The maximum absolute atomic E-state index is 13.3. The molecule has 132 valence electrons. The van der Waals surface area contributed by atoms with Gasteiger partial charge in [-0.3, -0.25) is 4.74 Å². The Morgan fingerprint density at radius 2 is 1.27 bits per heavy atom. The number of hydrogen-bond acceptors (Lipinski definition) is 2. The van der Waals surface area contributed by atoms with Crippen LogP contribution in [0, 0.1) is 0 Å². The average molecular weight is 356 g/mol.